The fourth-order valence-corrected chi connectivity index (χ4v) is 7.97. The Hall–Kier alpha value is -3.53. The standard InChI is InChI=1S/C28H25Cl2FN6O4S/c1-36-13-17(11-34-36)16-2-3-23(20(30)8-16)42(40,41)19-10-22(25(38)35-27(15-32)4-5-27)37(14-19)26(39)28(6-7-28)24-21(31)9-18(29)12-33-24/h2-3,8-9,11-13,19,22H,4-7,10,14H2,1H3,(H,35,38)/t19-,22+/m1/s1. The summed E-state index contributed by atoms with van der Waals surface area (Å²) in [5, 5.41) is 15.2. The van der Waals surface area contributed by atoms with Crippen LogP contribution in [0.2, 0.25) is 10.0 Å². The summed E-state index contributed by atoms with van der Waals surface area (Å²) in [5.41, 5.74) is -1.03. The molecule has 2 aromatic heterocycles. The van der Waals surface area contributed by atoms with E-state index in [2.05, 4.69) is 21.5 Å². The second kappa shape index (κ2) is 10.0. The Labute approximate surface area is 251 Å². The molecule has 3 aromatic rings. The van der Waals surface area contributed by atoms with Crippen LogP contribution in [0.15, 0.2) is 47.8 Å². The van der Waals surface area contributed by atoms with Crippen molar-refractivity contribution in [3.63, 3.8) is 0 Å². The topological polar surface area (TPSA) is 138 Å². The van der Waals surface area contributed by atoms with Gasteiger partial charge in [-0.05, 0) is 55.9 Å². The molecule has 0 bridgehead atoms. The molecule has 3 fully saturated rings. The van der Waals surface area contributed by atoms with Crippen LogP contribution in [0.4, 0.5) is 4.39 Å². The Balaban J connectivity index is 1.33. The Kier molecular flexibility index (Phi) is 6.83. The van der Waals surface area contributed by atoms with Crippen molar-refractivity contribution in [2.45, 2.75) is 59.2 Å². The maximum atomic E-state index is 14.9. The molecule has 3 heterocycles. The first-order valence-electron chi connectivity index (χ1n) is 13.3. The Bertz CT molecular complexity index is 1780. The molecule has 1 aromatic carbocycles. The van der Waals surface area contributed by atoms with Gasteiger partial charge in [-0.15, -0.1) is 0 Å². The van der Waals surface area contributed by atoms with Crippen molar-refractivity contribution >= 4 is 44.9 Å². The van der Waals surface area contributed by atoms with Crippen LogP contribution < -0.4 is 5.32 Å². The van der Waals surface area contributed by atoms with Crippen molar-refractivity contribution in [1.82, 2.24) is 25.0 Å². The van der Waals surface area contributed by atoms with Crippen LogP contribution in [0.1, 0.15) is 37.8 Å². The minimum atomic E-state index is -4.13. The first kappa shape index (κ1) is 28.6. The first-order valence-corrected chi connectivity index (χ1v) is 15.6. The molecule has 2 saturated carbocycles. The highest BCUT2D eigenvalue weighted by atomic mass is 35.5. The Morgan fingerprint density at radius 1 is 1.14 bits per heavy atom. The van der Waals surface area contributed by atoms with Gasteiger partial charge in [0.25, 0.3) is 0 Å². The largest absolute Gasteiger partial charge is 0.336 e. The highest BCUT2D eigenvalue weighted by molar-refractivity contribution is 7.92. The van der Waals surface area contributed by atoms with Crippen molar-refractivity contribution in [2.24, 2.45) is 7.05 Å². The summed E-state index contributed by atoms with van der Waals surface area (Å²) in [5.74, 6) is -1.97. The number of pyridine rings is 1. The monoisotopic (exact) mass is 630 g/mol. The van der Waals surface area contributed by atoms with E-state index < -0.39 is 49.7 Å². The molecule has 6 rings (SSSR count). The van der Waals surface area contributed by atoms with Gasteiger partial charge >= 0.3 is 0 Å². The average Bonchev–Trinajstić information content (AvgIpc) is 3.81. The molecule has 2 aliphatic carbocycles. The third-order valence-electron chi connectivity index (χ3n) is 8.29. The van der Waals surface area contributed by atoms with Gasteiger partial charge < -0.3 is 10.2 Å². The summed E-state index contributed by atoms with van der Waals surface area (Å²) in [7, 11) is -2.37. The summed E-state index contributed by atoms with van der Waals surface area (Å²) < 4.78 is 44.3. The molecular formula is C28H25Cl2FN6O4S. The van der Waals surface area contributed by atoms with Crippen LogP contribution in [0.25, 0.3) is 11.1 Å². The van der Waals surface area contributed by atoms with E-state index in [-0.39, 0.29) is 46.4 Å². The SMILES string of the molecule is Cn1cc(-c2ccc(S(=O)(=O)[C@@H]3C[C@@H](C(=O)NC4(C#N)CC4)N(C(=O)C4(c5ncc(Cl)cc5F)CC4)C3)c(Cl)c2)cn1. The van der Waals surface area contributed by atoms with E-state index in [0.29, 0.717) is 18.4 Å². The number of hydrogen-bond donors (Lipinski definition) is 1. The Morgan fingerprint density at radius 2 is 1.88 bits per heavy atom. The molecule has 10 nitrogen and oxygen atoms in total. The number of likely N-dealkylation sites (tertiary alicyclic amines) is 1. The van der Waals surface area contributed by atoms with Crippen molar-refractivity contribution < 1.29 is 22.4 Å². The third kappa shape index (κ3) is 4.83. The van der Waals surface area contributed by atoms with Crippen LogP contribution in [0, 0.1) is 17.1 Å². The van der Waals surface area contributed by atoms with E-state index in [1.807, 2.05) is 0 Å². The molecule has 14 heteroatoms. The van der Waals surface area contributed by atoms with Crippen molar-refractivity contribution in [3.05, 3.63) is 64.4 Å². The number of aryl methyl sites for hydroxylation is 1. The molecular weight excluding hydrogens is 606 g/mol. The van der Waals surface area contributed by atoms with Gasteiger partial charge in [0.1, 0.15) is 17.4 Å². The number of benzene rings is 1. The Morgan fingerprint density at radius 3 is 2.45 bits per heavy atom. The quantitative estimate of drug-likeness (QED) is 0.421. The van der Waals surface area contributed by atoms with E-state index in [4.69, 9.17) is 23.2 Å². The lowest BCUT2D eigenvalue weighted by atomic mass is 9.98. The number of halogens is 3. The molecule has 1 saturated heterocycles. The molecule has 0 radical (unpaired) electrons. The zero-order valence-electron chi connectivity index (χ0n) is 22.3. The van der Waals surface area contributed by atoms with Crippen molar-refractivity contribution in [1.29, 1.82) is 5.26 Å². The number of aromatic nitrogens is 3. The highest BCUT2D eigenvalue weighted by Gasteiger charge is 2.60. The first-order chi connectivity index (χ1) is 19.9. The van der Waals surface area contributed by atoms with Crippen molar-refractivity contribution in [2.75, 3.05) is 6.54 Å². The van der Waals surface area contributed by atoms with Gasteiger partial charge in [-0.1, -0.05) is 29.3 Å². The molecule has 218 valence electrons. The van der Waals surface area contributed by atoms with Crippen LogP contribution >= 0.6 is 23.2 Å². The summed E-state index contributed by atoms with van der Waals surface area (Å²) >= 11 is 12.4. The molecule has 3 aliphatic rings. The highest BCUT2D eigenvalue weighted by Crippen LogP contribution is 2.51. The summed E-state index contributed by atoms with van der Waals surface area (Å²) in [6.07, 6.45) is 5.91. The molecule has 2 atom stereocenters. The van der Waals surface area contributed by atoms with Gasteiger partial charge in [-0.3, -0.25) is 19.3 Å². The molecule has 1 aliphatic heterocycles. The average molecular weight is 632 g/mol. The van der Waals surface area contributed by atoms with E-state index >= 15 is 0 Å². The number of amides is 2. The molecule has 1 N–H and O–H groups in total. The van der Waals surface area contributed by atoms with Gasteiger partial charge in [0, 0.05) is 31.5 Å². The molecule has 0 unspecified atom stereocenters. The zero-order chi connectivity index (χ0) is 30.0. The summed E-state index contributed by atoms with van der Waals surface area (Å²) in [6, 6.07) is 6.52. The van der Waals surface area contributed by atoms with Crippen LogP contribution in [0.5, 0.6) is 0 Å². The number of nitrogens with one attached hydrogen (secondary N) is 1. The summed E-state index contributed by atoms with van der Waals surface area (Å²) in [4.78, 5) is 32.6. The number of rotatable bonds is 7. The van der Waals surface area contributed by atoms with Crippen molar-refractivity contribution in [3.8, 4) is 17.2 Å². The van der Waals surface area contributed by atoms with Gasteiger partial charge in [-0.25, -0.2) is 12.8 Å². The lowest BCUT2D eigenvalue weighted by Crippen LogP contribution is -2.52. The van der Waals surface area contributed by atoms with Crippen LogP contribution in [-0.2, 0) is 31.9 Å². The fourth-order valence-electron chi connectivity index (χ4n) is 5.58. The maximum absolute atomic E-state index is 14.9. The second-order valence-electron chi connectivity index (χ2n) is 11.2. The van der Waals surface area contributed by atoms with Gasteiger partial charge in [0.05, 0.1) is 43.6 Å². The maximum Gasteiger partial charge on any atom is 0.244 e. The summed E-state index contributed by atoms with van der Waals surface area (Å²) in [6.45, 7) is -0.309. The predicted molar refractivity (Wildman–Crippen MR) is 151 cm³/mol. The van der Waals surface area contributed by atoms with Gasteiger partial charge in [-0.2, -0.15) is 10.4 Å². The van der Waals surface area contributed by atoms with Gasteiger partial charge in [0.15, 0.2) is 9.84 Å². The zero-order valence-corrected chi connectivity index (χ0v) is 24.7. The minimum absolute atomic E-state index is 0.00496. The number of carbonyl (C=O) groups is 2. The second-order valence-corrected chi connectivity index (χ2v) is 14.2. The number of hydrogen-bond acceptors (Lipinski definition) is 7. The number of sulfone groups is 1. The lowest BCUT2D eigenvalue weighted by molar-refractivity contribution is -0.140. The third-order valence-corrected chi connectivity index (χ3v) is 11.1. The molecule has 2 amide bonds. The number of nitrogens with zero attached hydrogens (tertiary/aromatic N) is 5. The number of nitriles is 1. The predicted octanol–water partition coefficient (Wildman–Crippen LogP) is 3.58. The van der Waals surface area contributed by atoms with E-state index in [1.54, 1.807) is 30.2 Å². The van der Waals surface area contributed by atoms with Crippen LogP contribution in [-0.4, -0.2) is 63.3 Å². The molecule has 0 spiro atoms. The smallest absolute Gasteiger partial charge is 0.244 e. The molecule has 42 heavy (non-hydrogen) atoms. The normalized spacial score (nSPS) is 21.9. The van der Waals surface area contributed by atoms with E-state index in [1.165, 1.54) is 23.2 Å². The van der Waals surface area contributed by atoms with E-state index in [0.717, 1.165) is 11.6 Å². The van der Waals surface area contributed by atoms with E-state index in [9.17, 15) is 27.7 Å². The number of carbonyl (C=O) groups excluding carboxylic acids is 2. The van der Waals surface area contributed by atoms with Crippen LogP contribution in [0.3, 0.4) is 0 Å². The van der Waals surface area contributed by atoms with Gasteiger partial charge in [0.2, 0.25) is 11.8 Å². The minimum Gasteiger partial charge on any atom is -0.336 e. The lowest BCUT2D eigenvalue weighted by Gasteiger charge is -2.28. The fraction of sp³-hybridized carbons (Fsp3) is 0.393.